The number of rotatable bonds is 2. The minimum atomic E-state index is -1.51. The second-order valence-corrected chi connectivity index (χ2v) is 16.0. The highest BCUT2D eigenvalue weighted by atomic mass is 127. The van der Waals surface area contributed by atoms with Gasteiger partial charge in [0.05, 0.1) is 11.0 Å². The van der Waals surface area contributed by atoms with Crippen molar-refractivity contribution in [3.8, 4) is 11.3 Å². The molecule has 0 aliphatic carbocycles. The van der Waals surface area contributed by atoms with Gasteiger partial charge >= 0.3 is 19.3 Å². The molecule has 2 N–H and O–H groups in total. The molecule has 10 nitrogen and oxygen atoms in total. The van der Waals surface area contributed by atoms with Crippen molar-refractivity contribution in [1.29, 1.82) is 0 Å². The van der Waals surface area contributed by atoms with Crippen LogP contribution in [0.5, 0.6) is 0 Å². The molecule has 4 aromatic carbocycles. The molecule has 16 heteroatoms. The maximum atomic E-state index is 13.2. The van der Waals surface area contributed by atoms with Crippen molar-refractivity contribution >= 4 is 101 Å². The molecule has 0 spiro atoms. The van der Waals surface area contributed by atoms with Gasteiger partial charge in [-0.1, -0.05) is 44.0 Å². The Bertz CT molecular complexity index is 2200. The quantitative estimate of drug-likeness (QED) is 0.130. The molecular weight excluding hydrogens is 920 g/mol. The fourth-order valence-electron chi connectivity index (χ4n) is 4.49. The average molecular weight is 954 g/mol. The van der Waals surface area contributed by atoms with E-state index in [0.29, 0.717) is 16.7 Å². The molecule has 0 saturated heterocycles. The van der Waals surface area contributed by atoms with Gasteiger partial charge in [0.1, 0.15) is 32.2 Å². The third-order valence-corrected chi connectivity index (χ3v) is 8.44. The van der Waals surface area contributed by atoms with E-state index in [1.165, 1.54) is 45.8 Å². The second-order valence-electron chi connectivity index (χ2n) is 13.2. The Morgan fingerprint density at radius 1 is 0.692 bits per heavy atom. The summed E-state index contributed by atoms with van der Waals surface area (Å²) in [4.78, 5) is 24.5. The first-order chi connectivity index (χ1) is 24.2. The number of fused-ring (bicyclic) bond motifs is 2. The minimum absolute atomic E-state index is 0.293. The molecule has 0 aliphatic rings. The van der Waals surface area contributed by atoms with Crippen LogP contribution < -0.4 is 5.46 Å². The maximum Gasteiger partial charge on any atom is 0.488 e. The van der Waals surface area contributed by atoms with E-state index in [2.05, 4.69) is 64.6 Å². The first kappa shape index (κ1) is 41.1. The lowest BCUT2D eigenvalue weighted by Crippen LogP contribution is -2.29. The number of hydrogen-bond donors (Lipinski definition) is 2. The molecule has 6 aromatic rings. The van der Waals surface area contributed by atoms with Crippen molar-refractivity contribution in [2.75, 3.05) is 0 Å². The topological polar surface area (TPSA) is 129 Å². The molecular formula is C36H34BBr2F2IN4O6. The van der Waals surface area contributed by atoms with Crippen molar-refractivity contribution in [3.63, 3.8) is 0 Å². The summed E-state index contributed by atoms with van der Waals surface area (Å²) in [6.45, 7) is 10.9. The summed E-state index contributed by atoms with van der Waals surface area (Å²) < 4.78 is 41.3. The van der Waals surface area contributed by atoms with Gasteiger partial charge in [-0.25, -0.2) is 18.4 Å². The van der Waals surface area contributed by atoms with Crippen LogP contribution in [0.1, 0.15) is 41.5 Å². The minimum Gasteiger partial charge on any atom is -0.442 e. The van der Waals surface area contributed by atoms with Crippen LogP contribution in [0.2, 0.25) is 0 Å². The number of aromatic nitrogens is 4. The molecule has 0 aliphatic heterocycles. The van der Waals surface area contributed by atoms with E-state index >= 15 is 0 Å². The number of carbonyl (C=O) groups excluding carboxylic acids is 2. The van der Waals surface area contributed by atoms with Crippen LogP contribution in [0.3, 0.4) is 0 Å². The number of nitrogens with zero attached hydrogens (tertiary/aromatic N) is 4. The zero-order chi connectivity index (χ0) is 38.5. The largest absolute Gasteiger partial charge is 0.488 e. The molecule has 2 heterocycles. The third kappa shape index (κ3) is 11.2. The van der Waals surface area contributed by atoms with E-state index < -0.39 is 30.5 Å². The predicted molar refractivity (Wildman–Crippen MR) is 212 cm³/mol. The van der Waals surface area contributed by atoms with E-state index in [0.717, 1.165) is 34.5 Å². The number of halogens is 5. The normalized spacial score (nSPS) is 11.3. The molecule has 0 fully saturated rings. The van der Waals surface area contributed by atoms with E-state index in [9.17, 15) is 18.4 Å². The molecule has 2 aromatic heterocycles. The Morgan fingerprint density at radius 2 is 1.12 bits per heavy atom. The summed E-state index contributed by atoms with van der Waals surface area (Å²) in [6.07, 6.45) is -1.01. The van der Waals surface area contributed by atoms with Gasteiger partial charge < -0.3 is 19.5 Å². The van der Waals surface area contributed by atoms with Crippen LogP contribution in [0.4, 0.5) is 18.4 Å². The summed E-state index contributed by atoms with van der Waals surface area (Å²) in [7, 11) is -1.51. The van der Waals surface area contributed by atoms with Gasteiger partial charge in [0.2, 0.25) is 0 Å². The van der Waals surface area contributed by atoms with Gasteiger partial charge in [-0.2, -0.15) is 19.6 Å². The molecule has 52 heavy (non-hydrogen) atoms. The Kier molecular flexibility index (Phi) is 13.4. The van der Waals surface area contributed by atoms with Crippen LogP contribution in [-0.4, -0.2) is 60.1 Å². The maximum absolute atomic E-state index is 13.2. The standard InChI is InChI=1S/C18H16BrFN2O2.C12H12BrIN2O2.C6H6BFO2/c1-18(2,3)24-17(23)22-15-9-6-12(19)10-14(15)16(21-22)11-4-7-13(20)8-5-11;1-12(2,3)18-11(17)16-9-5-4-7(13)6-8(9)10(14)15-16;8-6-3-1-5(2-4-6)7(9)10/h4-10H,1-3H3;4-6H,1-3H3;1-4,9-10H. The Morgan fingerprint density at radius 3 is 1.58 bits per heavy atom. The fourth-order valence-corrected chi connectivity index (χ4v) is 5.86. The van der Waals surface area contributed by atoms with Crippen LogP contribution in [0, 0.1) is 15.3 Å². The van der Waals surface area contributed by atoms with Gasteiger partial charge in [0.25, 0.3) is 0 Å². The summed E-state index contributed by atoms with van der Waals surface area (Å²) in [5.41, 5.74) is 1.83. The van der Waals surface area contributed by atoms with Gasteiger partial charge in [0.15, 0.2) is 0 Å². The Labute approximate surface area is 329 Å². The molecule has 0 atom stereocenters. The van der Waals surface area contributed by atoms with Crippen LogP contribution in [0.25, 0.3) is 33.1 Å². The van der Waals surface area contributed by atoms with Crippen LogP contribution >= 0.6 is 54.5 Å². The Balaban J connectivity index is 0.000000190. The van der Waals surface area contributed by atoms with E-state index in [1.54, 1.807) is 39.0 Å². The fraction of sp³-hybridized carbons (Fsp3) is 0.222. The first-order valence-electron chi connectivity index (χ1n) is 15.6. The molecule has 0 bridgehead atoms. The monoisotopic (exact) mass is 952 g/mol. The zero-order valence-corrected chi connectivity index (χ0v) is 34.2. The number of carbonyl (C=O) groups is 2. The van der Waals surface area contributed by atoms with Crippen molar-refractivity contribution < 1.29 is 37.9 Å². The molecule has 0 saturated carbocycles. The summed E-state index contributed by atoms with van der Waals surface area (Å²) in [5, 5.41) is 27.4. The zero-order valence-electron chi connectivity index (χ0n) is 28.9. The van der Waals surface area contributed by atoms with Crippen molar-refractivity contribution in [2.45, 2.75) is 52.7 Å². The van der Waals surface area contributed by atoms with Crippen molar-refractivity contribution in [2.24, 2.45) is 0 Å². The average Bonchev–Trinajstić information content (AvgIpc) is 3.58. The summed E-state index contributed by atoms with van der Waals surface area (Å²) in [5.74, 6) is -0.708. The predicted octanol–water partition coefficient (Wildman–Crippen LogP) is 9.08. The van der Waals surface area contributed by atoms with E-state index in [4.69, 9.17) is 19.5 Å². The van der Waals surface area contributed by atoms with Crippen molar-refractivity contribution in [1.82, 2.24) is 19.6 Å². The van der Waals surface area contributed by atoms with Gasteiger partial charge in [-0.15, -0.1) is 0 Å². The van der Waals surface area contributed by atoms with Crippen molar-refractivity contribution in [3.05, 3.63) is 109 Å². The van der Waals surface area contributed by atoms with Gasteiger partial charge in [-0.05, 0) is 142 Å². The van der Waals surface area contributed by atoms with E-state index in [-0.39, 0.29) is 11.6 Å². The first-order valence-corrected chi connectivity index (χ1v) is 18.2. The van der Waals surface area contributed by atoms with Crippen LogP contribution in [-0.2, 0) is 9.47 Å². The molecule has 272 valence electrons. The molecule has 0 amide bonds. The van der Waals surface area contributed by atoms with Crippen LogP contribution in [0.15, 0.2) is 93.9 Å². The number of benzene rings is 4. The SMILES string of the molecule is CC(C)(C)OC(=O)n1nc(-c2ccc(F)cc2)c2cc(Br)ccc21.CC(C)(C)OC(=O)n1nc(I)c2cc(Br)ccc21.OB(O)c1ccc(F)cc1. The lowest BCUT2D eigenvalue weighted by molar-refractivity contribution is 0.0511. The highest BCUT2D eigenvalue weighted by molar-refractivity contribution is 14.1. The molecule has 6 rings (SSSR count). The molecule has 0 radical (unpaired) electrons. The smallest absolute Gasteiger partial charge is 0.442 e. The highest BCUT2D eigenvalue weighted by Gasteiger charge is 2.24. The Hall–Kier alpha value is -3.71. The lowest BCUT2D eigenvalue weighted by Gasteiger charge is -2.19. The lowest BCUT2D eigenvalue weighted by atomic mass is 9.80. The second kappa shape index (κ2) is 17.0. The third-order valence-electron chi connectivity index (χ3n) is 6.66. The molecule has 0 unspecified atom stereocenters. The number of ether oxygens (including phenoxy) is 2. The summed E-state index contributed by atoms with van der Waals surface area (Å²) >= 11 is 8.94. The van der Waals surface area contributed by atoms with E-state index in [1.807, 2.05) is 51.1 Å². The highest BCUT2D eigenvalue weighted by Crippen LogP contribution is 2.31. The van der Waals surface area contributed by atoms with Gasteiger partial charge in [-0.3, -0.25) is 0 Å². The van der Waals surface area contributed by atoms with Gasteiger partial charge in [0, 0.05) is 25.3 Å². The summed E-state index contributed by atoms with van der Waals surface area (Å²) in [6, 6.07) is 22.2. The number of hydrogen-bond acceptors (Lipinski definition) is 8.